The number of aromatic nitrogens is 1. The summed E-state index contributed by atoms with van der Waals surface area (Å²) in [6, 6.07) is 18.9. The molecule has 10 heteroatoms. The minimum Gasteiger partial charge on any atom is -0.481 e. The van der Waals surface area contributed by atoms with Crippen LogP contribution in [0.15, 0.2) is 109 Å². The molecule has 210 valence electrons. The molecule has 0 fully saturated rings. The number of hydrogen-bond acceptors (Lipinski definition) is 3. The molecule has 0 saturated heterocycles. The smallest absolute Gasteiger partial charge is 0.416 e. The van der Waals surface area contributed by atoms with Gasteiger partial charge in [-0.25, -0.2) is 4.98 Å². The highest BCUT2D eigenvalue weighted by atomic mass is 19.4. The van der Waals surface area contributed by atoms with Crippen molar-refractivity contribution in [3.8, 4) is 17.0 Å². The fraction of sp³-hybridized carbons (Fsp3) is 0.0968. The number of allylic oxidation sites excluding steroid dienone is 2. The van der Waals surface area contributed by atoms with Gasteiger partial charge in [-0.2, -0.15) is 26.3 Å². The van der Waals surface area contributed by atoms with Gasteiger partial charge in [0.25, 0.3) is 0 Å². The maximum Gasteiger partial charge on any atom is 0.416 e. The van der Waals surface area contributed by atoms with E-state index in [1.165, 1.54) is 49.6 Å². The van der Waals surface area contributed by atoms with Crippen LogP contribution in [0, 0.1) is 0 Å². The third-order valence-corrected chi connectivity index (χ3v) is 6.00. The zero-order chi connectivity index (χ0) is 29.6. The molecular formula is C31H22F6N2O2. The van der Waals surface area contributed by atoms with Crippen LogP contribution in [-0.2, 0) is 17.1 Å². The largest absolute Gasteiger partial charge is 0.481 e. The number of methoxy groups -OCH3 is 1. The summed E-state index contributed by atoms with van der Waals surface area (Å²) in [6.45, 7) is 0. The van der Waals surface area contributed by atoms with Crippen LogP contribution < -0.4 is 10.1 Å². The first-order valence-electron chi connectivity index (χ1n) is 12.1. The SMILES string of the molecule is COc1ccc(-c2ccccc2NC(=O)/C=C/C=C(c2ccc(C(F)(F)F)cc2)c2ccc(C(F)(F)F)cc2)cn1. The maximum atomic E-state index is 13.1. The van der Waals surface area contributed by atoms with E-state index in [4.69, 9.17) is 4.74 Å². The Balaban J connectivity index is 1.61. The molecule has 4 rings (SSSR count). The van der Waals surface area contributed by atoms with Crippen molar-refractivity contribution in [2.75, 3.05) is 12.4 Å². The summed E-state index contributed by atoms with van der Waals surface area (Å²) in [5.41, 5.74) is 1.17. The van der Waals surface area contributed by atoms with Crippen LogP contribution in [0.5, 0.6) is 5.88 Å². The molecule has 1 heterocycles. The third kappa shape index (κ3) is 7.42. The Morgan fingerprint density at radius 2 is 1.34 bits per heavy atom. The number of carbonyl (C=O) groups excluding carboxylic acids is 1. The molecule has 3 aromatic carbocycles. The second-order valence-corrected chi connectivity index (χ2v) is 8.71. The van der Waals surface area contributed by atoms with Crippen molar-refractivity contribution >= 4 is 17.2 Å². The Kier molecular flexibility index (Phi) is 8.61. The topological polar surface area (TPSA) is 51.2 Å². The fourth-order valence-electron chi connectivity index (χ4n) is 3.95. The number of rotatable bonds is 7. The predicted molar refractivity (Wildman–Crippen MR) is 144 cm³/mol. The maximum absolute atomic E-state index is 13.1. The van der Waals surface area contributed by atoms with E-state index < -0.39 is 29.4 Å². The van der Waals surface area contributed by atoms with Crippen molar-refractivity contribution in [2.45, 2.75) is 12.4 Å². The lowest BCUT2D eigenvalue weighted by Crippen LogP contribution is -2.08. The van der Waals surface area contributed by atoms with Crippen molar-refractivity contribution in [1.82, 2.24) is 4.98 Å². The Bertz CT molecular complexity index is 1500. The zero-order valence-electron chi connectivity index (χ0n) is 21.4. The van der Waals surface area contributed by atoms with Gasteiger partial charge in [-0.3, -0.25) is 4.79 Å². The van der Waals surface area contributed by atoms with Crippen molar-refractivity contribution in [3.63, 3.8) is 0 Å². The van der Waals surface area contributed by atoms with Gasteiger partial charge in [-0.05, 0) is 53.1 Å². The van der Waals surface area contributed by atoms with Gasteiger partial charge >= 0.3 is 12.4 Å². The number of benzene rings is 3. The lowest BCUT2D eigenvalue weighted by molar-refractivity contribution is -0.138. The number of nitrogens with one attached hydrogen (secondary N) is 1. The van der Waals surface area contributed by atoms with Crippen LogP contribution in [0.4, 0.5) is 32.0 Å². The number of para-hydroxylation sites is 1. The quantitative estimate of drug-likeness (QED) is 0.138. The lowest BCUT2D eigenvalue weighted by atomic mass is 9.95. The van der Waals surface area contributed by atoms with E-state index in [2.05, 4.69) is 10.3 Å². The Morgan fingerprint density at radius 1 is 0.780 bits per heavy atom. The van der Waals surface area contributed by atoms with Crippen LogP contribution in [0.3, 0.4) is 0 Å². The number of alkyl halides is 6. The van der Waals surface area contributed by atoms with Gasteiger partial charge in [0.05, 0.1) is 18.2 Å². The Morgan fingerprint density at radius 3 is 1.83 bits per heavy atom. The molecule has 0 saturated carbocycles. The van der Waals surface area contributed by atoms with E-state index in [0.29, 0.717) is 33.8 Å². The summed E-state index contributed by atoms with van der Waals surface area (Å²) in [6.07, 6.45) is -3.47. The predicted octanol–water partition coefficient (Wildman–Crippen LogP) is 8.42. The number of pyridine rings is 1. The number of amides is 1. The van der Waals surface area contributed by atoms with Crippen LogP contribution in [0.25, 0.3) is 16.7 Å². The summed E-state index contributed by atoms with van der Waals surface area (Å²) in [5.74, 6) is -0.0729. The fourth-order valence-corrected chi connectivity index (χ4v) is 3.95. The normalized spacial score (nSPS) is 11.8. The second-order valence-electron chi connectivity index (χ2n) is 8.71. The van der Waals surface area contributed by atoms with Gasteiger partial charge in [-0.15, -0.1) is 0 Å². The summed E-state index contributed by atoms with van der Waals surface area (Å²) >= 11 is 0. The van der Waals surface area contributed by atoms with E-state index in [1.807, 2.05) is 0 Å². The molecule has 41 heavy (non-hydrogen) atoms. The highest BCUT2D eigenvalue weighted by molar-refractivity contribution is 6.02. The van der Waals surface area contributed by atoms with Gasteiger partial charge < -0.3 is 10.1 Å². The van der Waals surface area contributed by atoms with Crippen LogP contribution in [0.1, 0.15) is 22.3 Å². The highest BCUT2D eigenvalue weighted by Gasteiger charge is 2.31. The molecule has 0 unspecified atom stereocenters. The lowest BCUT2D eigenvalue weighted by Gasteiger charge is -2.12. The summed E-state index contributed by atoms with van der Waals surface area (Å²) in [5, 5.41) is 2.78. The molecular weight excluding hydrogens is 546 g/mol. The molecule has 0 radical (unpaired) electrons. The molecule has 0 aliphatic carbocycles. The van der Waals surface area contributed by atoms with Gasteiger partial charge in [0.15, 0.2) is 0 Å². The van der Waals surface area contributed by atoms with Crippen molar-refractivity contribution in [3.05, 3.63) is 132 Å². The standard InChI is InChI=1S/C31H22F6N2O2/c1-41-29-18-13-22(19-38-29)26-5-2-3-7-27(26)39-28(40)8-4-6-25(20-9-14-23(15-10-20)30(32,33)34)21-11-16-24(17-12-21)31(35,36)37/h2-19H,1H3,(H,39,40)/b8-4+. The summed E-state index contributed by atoms with van der Waals surface area (Å²) in [4.78, 5) is 16.9. The minimum atomic E-state index is -4.55. The van der Waals surface area contributed by atoms with Crippen molar-refractivity contribution in [2.24, 2.45) is 0 Å². The van der Waals surface area contributed by atoms with E-state index in [9.17, 15) is 31.1 Å². The number of hydrogen-bond donors (Lipinski definition) is 1. The molecule has 0 aliphatic rings. The molecule has 4 aromatic rings. The van der Waals surface area contributed by atoms with E-state index in [0.717, 1.165) is 29.8 Å². The number of carbonyl (C=O) groups is 1. The molecule has 0 atom stereocenters. The third-order valence-electron chi connectivity index (χ3n) is 6.00. The zero-order valence-corrected chi connectivity index (χ0v) is 21.4. The van der Waals surface area contributed by atoms with E-state index >= 15 is 0 Å². The van der Waals surface area contributed by atoms with Gasteiger partial charge in [0, 0.05) is 35.2 Å². The number of halogens is 6. The van der Waals surface area contributed by atoms with Crippen LogP contribution in [0.2, 0.25) is 0 Å². The molecule has 0 aliphatic heterocycles. The van der Waals surface area contributed by atoms with Gasteiger partial charge in [0.1, 0.15) is 0 Å². The van der Waals surface area contributed by atoms with Crippen LogP contribution >= 0.6 is 0 Å². The number of nitrogens with zero attached hydrogens (tertiary/aromatic N) is 1. The van der Waals surface area contributed by atoms with Gasteiger partial charge in [-0.1, -0.05) is 54.6 Å². The highest BCUT2D eigenvalue weighted by Crippen LogP contribution is 2.34. The van der Waals surface area contributed by atoms with Crippen molar-refractivity contribution in [1.29, 1.82) is 0 Å². The molecule has 1 amide bonds. The Hall–Kier alpha value is -4.86. The van der Waals surface area contributed by atoms with E-state index in [1.54, 1.807) is 42.6 Å². The van der Waals surface area contributed by atoms with Gasteiger partial charge in [0.2, 0.25) is 11.8 Å². The molecule has 0 spiro atoms. The first kappa shape index (κ1) is 29.1. The molecule has 1 N–H and O–H groups in total. The Labute approximate surface area is 231 Å². The monoisotopic (exact) mass is 568 g/mol. The van der Waals surface area contributed by atoms with E-state index in [-0.39, 0.29) is 0 Å². The molecule has 4 nitrogen and oxygen atoms in total. The molecule has 1 aromatic heterocycles. The number of ether oxygens (including phenoxy) is 1. The van der Waals surface area contributed by atoms with Crippen LogP contribution in [-0.4, -0.2) is 18.0 Å². The average Bonchev–Trinajstić information content (AvgIpc) is 2.95. The first-order chi connectivity index (χ1) is 19.5. The van der Waals surface area contributed by atoms with Crippen molar-refractivity contribution < 1.29 is 35.9 Å². The minimum absolute atomic E-state index is 0.320. The number of anilines is 1. The average molecular weight is 569 g/mol. The summed E-state index contributed by atoms with van der Waals surface area (Å²) in [7, 11) is 1.50. The molecule has 0 bridgehead atoms. The summed E-state index contributed by atoms with van der Waals surface area (Å²) < 4.78 is 83.4. The second kappa shape index (κ2) is 12.1. The first-order valence-corrected chi connectivity index (χ1v) is 12.1.